The summed E-state index contributed by atoms with van der Waals surface area (Å²) in [6.45, 7) is 2.63. The number of ether oxygens (including phenoxy) is 2. The molecule has 1 N–H and O–H groups in total. The van der Waals surface area contributed by atoms with Gasteiger partial charge in [-0.3, -0.25) is 10.2 Å². The Morgan fingerprint density at radius 2 is 2.06 bits per heavy atom. The predicted molar refractivity (Wildman–Crippen MR) is 134 cm³/mol. The van der Waals surface area contributed by atoms with Gasteiger partial charge in [-0.05, 0) is 55.7 Å². The van der Waals surface area contributed by atoms with Crippen molar-refractivity contribution in [3.8, 4) is 23.6 Å². The fourth-order valence-electron chi connectivity index (χ4n) is 3.30. The summed E-state index contributed by atoms with van der Waals surface area (Å²) in [7, 11) is 1.59. The van der Waals surface area contributed by atoms with Crippen molar-refractivity contribution in [2.75, 3.05) is 32.3 Å². The SMILES string of the molecule is CCOc1cc(C2=NN(C(=O)CON=Cc3cccc(NN=C(C#N)C#N)c3)CCC2)ccc1OC. The van der Waals surface area contributed by atoms with E-state index in [0.29, 0.717) is 35.9 Å². The molecule has 2 aromatic rings. The molecule has 1 heterocycles. The molecule has 0 aliphatic carbocycles. The summed E-state index contributed by atoms with van der Waals surface area (Å²) in [6, 6.07) is 15.8. The van der Waals surface area contributed by atoms with Gasteiger partial charge in [0.2, 0.25) is 5.71 Å². The Hall–Kier alpha value is -4.90. The van der Waals surface area contributed by atoms with Gasteiger partial charge in [-0.15, -0.1) is 0 Å². The highest BCUT2D eigenvalue weighted by molar-refractivity contribution is 6.10. The van der Waals surface area contributed by atoms with Crippen molar-refractivity contribution in [3.05, 3.63) is 53.6 Å². The first-order valence-corrected chi connectivity index (χ1v) is 11.2. The third-order valence-corrected chi connectivity index (χ3v) is 4.97. The zero-order valence-electron chi connectivity index (χ0n) is 20.0. The maximum absolute atomic E-state index is 12.6. The maximum atomic E-state index is 12.6. The maximum Gasteiger partial charge on any atom is 0.283 e. The molecule has 184 valence electrons. The number of oxime groups is 1. The Kier molecular flexibility index (Phi) is 9.36. The summed E-state index contributed by atoms with van der Waals surface area (Å²) in [5.41, 5.74) is 5.20. The van der Waals surface area contributed by atoms with Gasteiger partial charge in [0.1, 0.15) is 12.1 Å². The largest absolute Gasteiger partial charge is 0.493 e. The summed E-state index contributed by atoms with van der Waals surface area (Å²) in [5, 5.41) is 30.9. The standard InChI is InChI=1S/C25H25N7O4/c1-3-35-24-13-19(9-10-23(24)34-2)22-8-5-11-32(31-22)25(33)17-36-28-16-18-6-4-7-20(12-18)29-30-21(14-26)15-27/h4,6-7,9-10,12-13,16,29H,3,5,8,11,17H2,1-2H3. The van der Waals surface area contributed by atoms with Gasteiger partial charge in [-0.1, -0.05) is 17.3 Å². The van der Waals surface area contributed by atoms with Crippen molar-refractivity contribution in [1.82, 2.24) is 5.01 Å². The number of hydrogen-bond acceptors (Lipinski definition) is 10. The molecule has 11 heteroatoms. The Bertz CT molecular complexity index is 1240. The lowest BCUT2D eigenvalue weighted by atomic mass is 10.0. The van der Waals surface area contributed by atoms with Gasteiger partial charge >= 0.3 is 0 Å². The van der Waals surface area contributed by atoms with Crippen LogP contribution in [0, 0.1) is 22.7 Å². The van der Waals surface area contributed by atoms with Gasteiger partial charge in [0.25, 0.3) is 5.91 Å². The second kappa shape index (κ2) is 13.1. The van der Waals surface area contributed by atoms with E-state index in [1.807, 2.05) is 25.1 Å². The summed E-state index contributed by atoms with van der Waals surface area (Å²) < 4.78 is 11.0. The number of nitrogens with zero attached hydrogens (tertiary/aromatic N) is 6. The molecule has 0 atom stereocenters. The Balaban J connectivity index is 1.59. The van der Waals surface area contributed by atoms with E-state index in [4.69, 9.17) is 24.8 Å². The molecule has 1 aliphatic heterocycles. The number of nitrogens with one attached hydrogen (secondary N) is 1. The van der Waals surface area contributed by atoms with Crippen LogP contribution < -0.4 is 14.9 Å². The number of carbonyl (C=O) groups is 1. The summed E-state index contributed by atoms with van der Waals surface area (Å²) in [6.07, 6.45) is 2.94. The Morgan fingerprint density at radius 3 is 2.81 bits per heavy atom. The lowest BCUT2D eigenvalue weighted by Gasteiger charge is -2.23. The second-order valence-electron chi connectivity index (χ2n) is 7.40. The number of amides is 1. The van der Waals surface area contributed by atoms with Crippen LogP contribution in [0.3, 0.4) is 0 Å². The molecule has 11 nitrogen and oxygen atoms in total. The van der Waals surface area contributed by atoms with Gasteiger partial charge in [-0.2, -0.15) is 20.7 Å². The van der Waals surface area contributed by atoms with Gasteiger partial charge in [-0.25, -0.2) is 5.01 Å². The van der Waals surface area contributed by atoms with E-state index < -0.39 is 0 Å². The predicted octanol–water partition coefficient (Wildman–Crippen LogP) is 3.29. The first-order chi connectivity index (χ1) is 17.6. The minimum absolute atomic E-state index is 0.268. The molecule has 0 spiro atoms. The quantitative estimate of drug-likeness (QED) is 0.400. The Morgan fingerprint density at radius 1 is 1.22 bits per heavy atom. The van der Waals surface area contributed by atoms with Crippen LogP contribution in [-0.4, -0.2) is 55.4 Å². The summed E-state index contributed by atoms with van der Waals surface area (Å²) >= 11 is 0. The number of hydrogen-bond donors (Lipinski definition) is 1. The zero-order chi connectivity index (χ0) is 25.8. The fraction of sp³-hybridized carbons (Fsp3) is 0.280. The molecule has 0 saturated carbocycles. The Labute approximate surface area is 208 Å². The van der Waals surface area contributed by atoms with E-state index in [0.717, 1.165) is 24.1 Å². The highest BCUT2D eigenvalue weighted by Gasteiger charge is 2.20. The minimum atomic E-state index is -0.312. The van der Waals surface area contributed by atoms with Crippen LogP contribution in [0.4, 0.5) is 5.69 Å². The van der Waals surface area contributed by atoms with E-state index in [9.17, 15) is 4.79 Å². The van der Waals surface area contributed by atoms with Crippen molar-refractivity contribution < 1.29 is 19.1 Å². The minimum Gasteiger partial charge on any atom is -0.493 e. The highest BCUT2D eigenvalue weighted by atomic mass is 16.6. The monoisotopic (exact) mass is 487 g/mol. The molecule has 2 aromatic carbocycles. The highest BCUT2D eigenvalue weighted by Crippen LogP contribution is 2.29. The van der Waals surface area contributed by atoms with Crippen molar-refractivity contribution in [2.24, 2.45) is 15.4 Å². The van der Waals surface area contributed by atoms with Crippen LogP contribution in [0.15, 0.2) is 57.8 Å². The number of benzene rings is 2. The van der Waals surface area contributed by atoms with Crippen LogP contribution in [0.5, 0.6) is 11.5 Å². The molecule has 0 fully saturated rings. The van der Waals surface area contributed by atoms with Crippen molar-refractivity contribution >= 4 is 29.2 Å². The van der Waals surface area contributed by atoms with Crippen LogP contribution >= 0.6 is 0 Å². The van der Waals surface area contributed by atoms with E-state index in [1.165, 1.54) is 11.2 Å². The molecule has 1 aliphatic rings. The average molecular weight is 488 g/mol. The molecule has 0 unspecified atom stereocenters. The molecule has 0 saturated heterocycles. The van der Waals surface area contributed by atoms with E-state index in [2.05, 4.69) is 20.8 Å². The van der Waals surface area contributed by atoms with Crippen molar-refractivity contribution in [1.29, 1.82) is 10.5 Å². The first-order valence-electron chi connectivity index (χ1n) is 11.2. The molecule has 36 heavy (non-hydrogen) atoms. The zero-order valence-corrected chi connectivity index (χ0v) is 20.0. The number of hydrazone groups is 2. The molecule has 0 aromatic heterocycles. The summed E-state index contributed by atoms with van der Waals surface area (Å²) in [5.74, 6) is 0.954. The topological polar surface area (TPSA) is 145 Å². The smallest absolute Gasteiger partial charge is 0.283 e. The fourth-order valence-corrected chi connectivity index (χ4v) is 3.30. The number of rotatable bonds is 10. The normalized spacial score (nSPS) is 12.7. The number of carbonyl (C=O) groups excluding carboxylic acids is 1. The van der Waals surface area contributed by atoms with E-state index >= 15 is 0 Å². The van der Waals surface area contributed by atoms with Crippen LogP contribution in [0.1, 0.15) is 30.9 Å². The number of nitriles is 2. The molecular formula is C25H25N7O4. The van der Waals surface area contributed by atoms with E-state index in [1.54, 1.807) is 43.5 Å². The molecule has 1 amide bonds. The van der Waals surface area contributed by atoms with E-state index in [-0.39, 0.29) is 18.2 Å². The number of methoxy groups -OCH3 is 1. The lowest BCUT2D eigenvalue weighted by Crippen LogP contribution is -2.34. The molecule has 0 bridgehead atoms. The van der Waals surface area contributed by atoms with Crippen LogP contribution in [0.25, 0.3) is 0 Å². The number of anilines is 1. The molecular weight excluding hydrogens is 462 g/mol. The van der Waals surface area contributed by atoms with Crippen LogP contribution in [-0.2, 0) is 9.63 Å². The third-order valence-electron chi connectivity index (χ3n) is 4.97. The third kappa shape index (κ3) is 7.05. The van der Waals surface area contributed by atoms with Gasteiger partial charge < -0.3 is 14.3 Å². The second-order valence-corrected chi connectivity index (χ2v) is 7.40. The summed E-state index contributed by atoms with van der Waals surface area (Å²) in [4.78, 5) is 17.8. The first kappa shape index (κ1) is 25.7. The van der Waals surface area contributed by atoms with Gasteiger partial charge in [0, 0.05) is 12.1 Å². The van der Waals surface area contributed by atoms with Gasteiger partial charge in [0.05, 0.1) is 31.3 Å². The van der Waals surface area contributed by atoms with Crippen LogP contribution in [0.2, 0.25) is 0 Å². The average Bonchev–Trinajstić information content (AvgIpc) is 2.92. The lowest BCUT2D eigenvalue weighted by molar-refractivity contribution is -0.136. The van der Waals surface area contributed by atoms with Crippen molar-refractivity contribution in [2.45, 2.75) is 19.8 Å². The van der Waals surface area contributed by atoms with Gasteiger partial charge in [0.15, 0.2) is 18.1 Å². The molecule has 3 rings (SSSR count). The molecule has 0 radical (unpaired) electrons. The van der Waals surface area contributed by atoms with Crippen molar-refractivity contribution in [3.63, 3.8) is 0 Å².